The summed E-state index contributed by atoms with van der Waals surface area (Å²) in [7, 11) is 0. The van der Waals surface area contributed by atoms with Gasteiger partial charge in [0.1, 0.15) is 11.8 Å². The van der Waals surface area contributed by atoms with Crippen LogP contribution < -0.4 is 15.4 Å². The zero-order valence-electron chi connectivity index (χ0n) is 17.4. The molecule has 2 N–H and O–H groups in total. The van der Waals surface area contributed by atoms with E-state index in [1.165, 1.54) is 0 Å². The molecule has 1 heterocycles. The molecule has 0 saturated carbocycles. The Morgan fingerprint density at radius 3 is 2.86 bits per heavy atom. The lowest BCUT2D eigenvalue weighted by molar-refractivity contribution is -0.148. The summed E-state index contributed by atoms with van der Waals surface area (Å²) in [5.74, 6) is 0.133. The van der Waals surface area contributed by atoms with Crippen LogP contribution in [0.15, 0.2) is 24.3 Å². The van der Waals surface area contributed by atoms with Gasteiger partial charge in [0.15, 0.2) is 0 Å². The summed E-state index contributed by atoms with van der Waals surface area (Å²) in [6, 6.07) is 6.49. The third kappa shape index (κ3) is 7.73. The number of piperazine rings is 1. The van der Waals surface area contributed by atoms with Gasteiger partial charge in [0.05, 0.1) is 26.2 Å². The van der Waals surface area contributed by atoms with Crippen LogP contribution in [-0.2, 0) is 19.1 Å². The van der Waals surface area contributed by atoms with Crippen LogP contribution in [0.2, 0.25) is 0 Å². The molecule has 1 aliphatic rings. The molecule has 29 heavy (non-hydrogen) atoms. The largest absolute Gasteiger partial charge is 0.493 e. The van der Waals surface area contributed by atoms with Crippen LogP contribution >= 0.6 is 0 Å². The van der Waals surface area contributed by atoms with Crippen LogP contribution in [0.5, 0.6) is 5.75 Å². The highest BCUT2D eigenvalue weighted by molar-refractivity contribution is 5.93. The van der Waals surface area contributed by atoms with E-state index in [9.17, 15) is 14.4 Å². The molecule has 8 heteroatoms. The van der Waals surface area contributed by atoms with Gasteiger partial charge in [0, 0.05) is 24.8 Å². The van der Waals surface area contributed by atoms with E-state index in [0.717, 1.165) is 0 Å². The van der Waals surface area contributed by atoms with Gasteiger partial charge in [0.2, 0.25) is 11.8 Å². The Balaban J connectivity index is 1.94. The number of carbonyl (C=O) groups excluding carboxylic acids is 3. The fourth-order valence-electron chi connectivity index (χ4n) is 2.92. The van der Waals surface area contributed by atoms with E-state index in [1.54, 1.807) is 17.0 Å². The second kappa shape index (κ2) is 11.4. The minimum absolute atomic E-state index is 0.0101. The average molecular weight is 405 g/mol. The summed E-state index contributed by atoms with van der Waals surface area (Å²) in [6.07, 6.45) is 0.645. The lowest BCUT2D eigenvalue weighted by Crippen LogP contribution is -2.57. The van der Waals surface area contributed by atoms with Gasteiger partial charge in [-0.2, -0.15) is 0 Å². The second-order valence-electron chi connectivity index (χ2n) is 7.48. The predicted octanol–water partition coefficient (Wildman–Crippen LogP) is 1.80. The second-order valence-corrected chi connectivity index (χ2v) is 7.48. The van der Waals surface area contributed by atoms with Crippen molar-refractivity contribution in [3.05, 3.63) is 24.3 Å². The summed E-state index contributed by atoms with van der Waals surface area (Å²) < 4.78 is 10.8. The van der Waals surface area contributed by atoms with Gasteiger partial charge in [-0.3, -0.25) is 19.3 Å². The first kappa shape index (κ1) is 22.7. The molecule has 0 spiro atoms. The highest BCUT2D eigenvalue weighted by atomic mass is 16.5. The van der Waals surface area contributed by atoms with Gasteiger partial charge in [-0.1, -0.05) is 26.8 Å². The molecule has 2 rings (SSSR count). The van der Waals surface area contributed by atoms with Crippen LogP contribution in [0.1, 0.15) is 33.6 Å². The Labute approximate surface area is 171 Å². The highest BCUT2D eigenvalue weighted by Crippen LogP contribution is 2.18. The summed E-state index contributed by atoms with van der Waals surface area (Å²) in [5.41, 5.74) is 0.622. The lowest BCUT2D eigenvalue weighted by atomic mass is 10.1. The van der Waals surface area contributed by atoms with Gasteiger partial charge in [-0.25, -0.2) is 0 Å². The van der Waals surface area contributed by atoms with E-state index in [0.29, 0.717) is 50.1 Å². The lowest BCUT2D eigenvalue weighted by Gasteiger charge is -2.33. The molecule has 1 aromatic carbocycles. The molecule has 0 aliphatic carbocycles. The van der Waals surface area contributed by atoms with Crippen molar-refractivity contribution in [2.45, 2.75) is 39.7 Å². The first-order chi connectivity index (χ1) is 13.9. The standard InChI is InChI=1S/C21H31N3O5/c1-4-10-28-20(26)12-18-21(27)22-8-9-24(18)13-19(25)23-16-6-5-7-17(11-16)29-14-15(2)3/h5-7,11,15,18H,4,8-10,12-14H2,1-3H3,(H,22,27)(H,23,25). The quantitative estimate of drug-likeness (QED) is 0.576. The highest BCUT2D eigenvalue weighted by Gasteiger charge is 2.33. The molecule has 0 aromatic heterocycles. The number of benzene rings is 1. The number of anilines is 1. The fourth-order valence-corrected chi connectivity index (χ4v) is 2.92. The molecule has 1 aromatic rings. The topological polar surface area (TPSA) is 97.0 Å². The van der Waals surface area contributed by atoms with Crippen LogP contribution in [0.4, 0.5) is 5.69 Å². The van der Waals surface area contributed by atoms with Crippen molar-refractivity contribution in [3.63, 3.8) is 0 Å². The molecule has 1 aliphatic heterocycles. The van der Waals surface area contributed by atoms with E-state index in [2.05, 4.69) is 24.5 Å². The van der Waals surface area contributed by atoms with Crippen LogP contribution in [0, 0.1) is 5.92 Å². The molecular weight excluding hydrogens is 374 g/mol. The van der Waals surface area contributed by atoms with Gasteiger partial charge in [-0.05, 0) is 24.5 Å². The summed E-state index contributed by atoms with van der Waals surface area (Å²) in [5, 5.41) is 5.57. The van der Waals surface area contributed by atoms with E-state index < -0.39 is 12.0 Å². The van der Waals surface area contributed by atoms with Crippen molar-refractivity contribution in [2.24, 2.45) is 5.92 Å². The molecule has 1 fully saturated rings. The number of nitrogens with zero attached hydrogens (tertiary/aromatic N) is 1. The van der Waals surface area contributed by atoms with Gasteiger partial charge >= 0.3 is 5.97 Å². The summed E-state index contributed by atoms with van der Waals surface area (Å²) in [4.78, 5) is 38.4. The molecule has 8 nitrogen and oxygen atoms in total. The Hall–Kier alpha value is -2.61. The van der Waals surface area contributed by atoms with E-state index >= 15 is 0 Å². The third-order valence-corrected chi connectivity index (χ3v) is 4.32. The van der Waals surface area contributed by atoms with Crippen LogP contribution in [0.25, 0.3) is 0 Å². The molecule has 2 amide bonds. The smallest absolute Gasteiger partial charge is 0.307 e. The molecule has 1 unspecified atom stereocenters. The first-order valence-electron chi connectivity index (χ1n) is 10.1. The molecule has 0 radical (unpaired) electrons. The average Bonchev–Trinajstić information content (AvgIpc) is 2.67. The van der Waals surface area contributed by atoms with E-state index in [4.69, 9.17) is 9.47 Å². The normalized spacial score (nSPS) is 17.0. The Kier molecular flexibility index (Phi) is 8.92. The Morgan fingerprint density at radius 2 is 2.14 bits per heavy atom. The van der Waals surface area contributed by atoms with Gasteiger partial charge in [0.25, 0.3) is 0 Å². The van der Waals surface area contributed by atoms with Crippen molar-refractivity contribution < 1.29 is 23.9 Å². The summed E-state index contributed by atoms with van der Waals surface area (Å²) >= 11 is 0. The minimum Gasteiger partial charge on any atom is -0.493 e. The maximum absolute atomic E-state index is 12.5. The predicted molar refractivity (Wildman–Crippen MR) is 110 cm³/mol. The number of esters is 1. The zero-order chi connectivity index (χ0) is 21.2. The van der Waals surface area contributed by atoms with Gasteiger partial charge in [-0.15, -0.1) is 0 Å². The number of ether oxygens (including phenoxy) is 2. The monoisotopic (exact) mass is 405 g/mol. The Morgan fingerprint density at radius 1 is 1.34 bits per heavy atom. The van der Waals surface area contributed by atoms with Gasteiger partial charge < -0.3 is 20.1 Å². The van der Waals surface area contributed by atoms with E-state index in [-0.39, 0.29) is 24.8 Å². The maximum Gasteiger partial charge on any atom is 0.307 e. The maximum atomic E-state index is 12.5. The number of amides is 2. The van der Waals surface area contributed by atoms with Crippen molar-refractivity contribution in [3.8, 4) is 5.75 Å². The molecule has 1 atom stereocenters. The SMILES string of the molecule is CCCOC(=O)CC1C(=O)NCCN1CC(=O)Nc1cccc(OCC(C)C)c1. The van der Waals surface area contributed by atoms with Crippen LogP contribution in [-0.4, -0.2) is 61.6 Å². The number of hydrogen-bond donors (Lipinski definition) is 2. The van der Waals surface area contributed by atoms with Crippen molar-refractivity contribution >= 4 is 23.5 Å². The Bertz CT molecular complexity index is 707. The molecule has 1 saturated heterocycles. The van der Waals surface area contributed by atoms with Crippen molar-refractivity contribution in [2.75, 3.05) is 38.2 Å². The molecule has 160 valence electrons. The molecular formula is C21H31N3O5. The third-order valence-electron chi connectivity index (χ3n) is 4.32. The summed E-state index contributed by atoms with van der Waals surface area (Å²) in [6.45, 7) is 7.88. The number of hydrogen-bond acceptors (Lipinski definition) is 6. The van der Waals surface area contributed by atoms with Crippen LogP contribution in [0.3, 0.4) is 0 Å². The first-order valence-corrected chi connectivity index (χ1v) is 10.1. The molecule has 0 bridgehead atoms. The number of nitrogens with one attached hydrogen (secondary N) is 2. The fraction of sp³-hybridized carbons (Fsp3) is 0.571. The van der Waals surface area contributed by atoms with Crippen molar-refractivity contribution in [1.82, 2.24) is 10.2 Å². The minimum atomic E-state index is -0.709. The van der Waals surface area contributed by atoms with Crippen molar-refractivity contribution in [1.29, 1.82) is 0 Å². The number of carbonyl (C=O) groups is 3. The van der Waals surface area contributed by atoms with E-state index in [1.807, 2.05) is 19.1 Å². The zero-order valence-corrected chi connectivity index (χ0v) is 17.4. The number of rotatable bonds is 10.